The Morgan fingerprint density at radius 1 is 0.625 bits per heavy atom. The Kier molecular flexibility index (Phi) is 30.7. The number of primary amides is 1. The SMILES string of the molecule is CC[C@H](C)[C@H](NC(=O)[C@@H](Cc1ccccc1)NC)C(=O)N[C@@H](CO)C(=O)N[C@H](CCC(N)=O)C(=O)N[C@@H](C(=O)N[C@H](C(=O)N[C@@H](CO)C(=O)N[C@H]1C(=O)N[C@@H](C)C(=O)NC(C[C@H]2CN=C(N)N2)C(=O)N[C@@H]([C@@H](C)CC)C(=O)O[C@H]1C)[C@@H](C)CC)[C@@H](C)CC. The number of guanidine groups is 1. The molecule has 0 aliphatic carbocycles. The van der Waals surface area contributed by atoms with E-state index in [-0.39, 0.29) is 31.8 Å². The van der Waals surface area contributed by atoms with E-state index in [9.17, 15) is 67.7 Å². The van der Waals surface area contributed by atoms with E-state index in [1.807, 2.05) is 30.3 Å². The maximum absolute atomic E-state index is 14.4. The van der Waals surface area contributed by atoms with Gasteiger partial charge in [0.2, 0.25) is 65.0 Å². The van der Waals surface area contributed by atoms with E-state index in [1.54, 1.807) is 62.4 Å². The van der Waals surface area contributed by atoms with Crippen LogP contribution in [-0.4, -0.2) is 193 Å². The molecule has 2 aliphatic rings. The number of benzene rings is 1. The topological polar surface area (TPSA) is 463 Å². The molecule has 2 aliphatic heterocycles. The van der Waals surface area contributed by atoms with E-state index >= 15 is 0 Å². The highest BCUT2D eigenvalue weighted by Gasteiger charge is 2.41. The molecule has 0 aromatic heterocycles. The first-order valence-corrected chi connectivity index (χ1v) is 30.1. The zero-order chi connectivity index (χ0) is 66.1. The van der Waals surface area contributed by atoms with Crippen LogP contribution >= 0.6 is 0 Å². The number of carbonyl (C=O) groups excluding carboxylic acids is 12. The van der Waals surface area contributed by atoms with Crippen molar-refractivity contribution < 1.29 is 72.5 Å². The standard InChI is InChI=1S/C58H95N15O15/c1-12-28(5)42(70-49(79)37(61-11)23-34-19-17-16-18-20-34)53(83)67-39(26-74)51(81)65-36(21-22-41(59)76)48(78)69-44(30(7)14-3)55(85)71-43(29(6)13-2)54(84)68-40(27-75)52(82)73-46-33(10)88-57(87)45(31(8)15-4)72-50(80)38(24-35-25-62-58(60)64-35)66-47(77)32(9)63-56(46)86/h16-20,28-33,35-40,42-46,61,74-75H,12-15,21-27H2,1-11H3,(H2,59,76)(H,63,86)(H,65,81)(H,66,77)(H,67,83)(H,68,84)(H,69,78)(H,70,79)(H,71,85)(H,72,80)(H,73,82)(H3,60,62,64)/t28-,29-,30-,31-,32-,33-,35-,36+,37+,38?,39-,40-,42-,43-,44+,45-,46+/m0/s1. The van der Waals surface area contributed by atoms with Crippen molar-refractivity contribution in [3.8, 4) is 0 Å². The number of carbonyl (C=O) groups is 12. The van der Waals surface area contributed by atoms with Gasteiger partial charge in [0.25, 0.3) is 0 Å². The summed E-state index contributed by atoms with van der Waals surface area (Å²) in [5, 5.41) is 52.3. The molecule has 17 atom stereocenters. The van der Waals surface area contributed by atoms with Gasteiger partial charge in [0.15, 0.2) is 5.96 Å². The summed E-state index contributed by atoms with van der Waals surface area (Å²) in [5.74, 6) is -13.1. The second-order valence-electron chi connectivity index (χ2n) is 22.8. The summed E-state index contributed by atoms with van der Waals surface area (Å²) in [4.78, 5) is 170. The fraction of sp³-hybridized carbons (Fsp3) is 0.672. The summed E-state index contributed by atoms with van der Waals surface area (Å²) >= 11 is 0. The summed E-state index contributed by atoms with van der Waals surface area (Å²) in [7, 11) is 1.60. The van der Waals surface area contributed by atoms with Gasteiger partial charge in [-0.15, -0.1) is 0 Å². The summed E-state index contributed by atoms with van der Waals surface area (Å²) in [6.07, 6.45) is -0.755. The smallest absolute Gasteiger partial charge is 0.329 e. The van der Waals surface area contributed by atoms with E-state index < -0.39 is 199 Å². The number of nitrogens with one attached hydrogen (secondary N) is 12. The number of nitrogens with zero attached hydrogens (tertiary/aromatic N) is 1. The Morgan fingerprint density at radius 3 is 1.59 bits per heavy atom. The predicted octanol–water partition coefficient (Wildman–Crippen LogP) is -4.26. The van der Waals surface area contributed by atoms with Gasteiger partial charge in [0, 0.05) is 6.42 Å². The van der Waals surface area contributed by atoms with Crippen LogP contribution in [0.25, 0.3) is 0 Å². The first-order chi connectivity index (χ1) is 41.6. The molecule has 11 amide bonds. The molecule has 492 valence electrons. The number of hydrogen-bond donors (Lipinski definition) is 16. The van der Waals surface area contributed by atoms with Crippen LogP contribution in [0.1, 0.15) is 120 Å². The highest BCUT2D eigenvalue weighted by atomic mass is 16.5. The largest absolute Gasteiger partial charge is 0.458 e. The molecule has 1 saturated heterocycles. The molecular weight excluding hydrogens is 1150 g/mol. The fourth-order valence-corrected chi connectivity index (χ4v) is 9.49. The zero-order valence-electron chi connectivity index (χ0n) is 52.3. The summed E-state index contributed by atoms with van der Waals surface area (Å²) in [6.45, 7) is 14.3. The number of rotatable bonds is 32. The van der Waals surface area contributed by atoms with Crippen molar-refractivity contribution in [2.24, 2.45) is 40.1 Å². The summed E-state index contributed by atoms with van der Waals surface area (Å²) in [5.41, 5.74) is 12.1. The number of aliphatic imine (C=N–C) groups is 1. The Hall–Kier alpha value is -7.99. The third kappa shape index (κ3) is 22.3. The fourth-order valence-electron chi connectivity index (χ4n) is 9.49. The van der Waals surface area contributed by atoms with E-state index in [2.05, 4.69) is 68.8 Å². The van der Waals surface area contributed by atoms with Crippen LogP contribution in [0.5, 0.6) is 0 Å². The van der Waals surface area contributed by atoms with Crippen molar-refractivity contribution in [3.63, 3.8) is 0 Å². The molecular formula is C58H95N15O15. The molecule has 30 nitrogen and oxygen atoms in total. The number of nitrogens with two attached hydrogens (primary N) is 2. The number of amides is 11. The monoisotopic (exact) mass is 1240 g/mol. The molecule has 0 bridgehead atoms. The first kappa shape index (κ1) is 74.3. The third-order valence-electron chi connectivity index (χ3n) is 16.1. The molecule has 30 heteroatoms. The average molecular weight is 1240 g/mol. The van der Waals surface area contributed by atoms with Crippen molar-refractivity contribution in [1.29, 1.82) is 0 Å². The number of aliphatic hydroxyl groups is 2. The van der Waals surface area contributed by atoms with Crippen LogP contribution in [0, 0.1) is 23.7 Å². The molecule has 18 N–H and O–H groups in total. The number of cyclic esters (lactones) is 1. The van der Waals surface area contributed by atoms with E-state index in [0.717, 1.165) is 5.56 Å². The molecule has 2 heterocycles. The van der Waals surface area contributed by atoms with Crippen LogP contribution in [0.4, 0.5) is 0 Å². The second kappa shape index (κ2) is 36.4. The molecule has 1 unspecified atom stereocenters. The number of ether oxygens (including phenoxy) is 1. The molecule has 1 aromatic carbocycles. The second-order valence-corrected chi connectivity index (χ2v) is 22.8. The van der Waals surface area contributed by atoms with Crippen LogP contribution in [0.2, 0.25) is 0 Å². The number of hydrogen-bond acceptors (Lipinski definition) is 19. The molecule has 88 heavy (non-hydrogen) atoms. The Bertz CT molecular complexity index is 2610. The maximum atomic E-state index is 14.4. The van der Waals surface area contributed by atoms with Gasteiger partial charge in [-0.3, -0.25) is 57.7 Å². The van der Waals surface area contributed by atoms with Crippen molar-refractivity contribution in [2.75, 3.05) is 26.8 Å². The normalized spacial score (nSPS) is 22.7. The van der Waals surface area contributed by atoms with Crippen molar-refractivity contribution in [1.82, 2.24) is 63.8 Å². The van der Waals surface area contributed by atoms with E-state index in [1.165, 1.54) is 13.8 Å². The Labute approximate surface area is 513 Å². The number of aliphatic hydroxyl groups excluding tert-OH is 2. The molecule has 3 rings (SSSR count). The summed E-state index contributed by atoms with van der Waals surface area (Å²) < 4.78 is 5.73. The van der Waals surface area contributed by atoms with Crippen LogP contribution in [-0.2, 0) is 68.7 Å². The minimum Gasteiger partial charge on any atom is -0.458 e. The van der Waals surface area contributed by atoms with Gasteiger partial charge in [-0.25, -0.2) is 4.79 Å². The van der Waals surface area contributed by atoms with Crippen LogP contribution in [0.15, 0.2) is 35.3 Å². The third-order valence-corrected chi connectivity index (χ3v) is 16.1. The van der Waals surface area contributed by atoms with Gasteiger partial charge in [-0.05, 0) is 69.4 Å². The average Bonchev–Trinajstić information content (AvgIpc) is 4.12. The van der Waals surface area contributed by atoms with E-state index in [0.29, 0.717) is 19.3 Å². The van der Waals surface area contributed by atoms with Crippen LogP contribution < -0.4 is 75.3 Å². The van der Waals surface area contributed by atoms with Gasteiger partial charge < -0.3 is 90.2 Å². The van der Waals surface area contributed by atoms with Crippen LogP contribution in [0.3, 0.4) is 0 Å². The van der Waals surface area contributed by atoms with Crippen molar-refractivity contribution in [2.45, 2.75) is 199 Å². The highest BCUT2D eigenvalue weighted by Crippen LogP contribution is 2.18. The van der Waals surface area contributed by atoms with Gasteiger partial charge >= 0.3 is 5.97 Å². The van der Waals surface area contributed by atoms with Crippen molar-refractivity contribution in [3.05, 3.63) is 35.9 Å². The molecule has 0 spiro atoms. The maximum Gasteiger partial charge on any atom is 0.329 e. The lowest BCUT2D eigenvalue weighted by atomic mass is 9.94. The quantitative estimate of drug-likeness (QED) is 0.0304. The number of esters is 1. The van der Waals surface area contributed by atoms with Crippen molar-refractivity contribution >= 4 is 76.9 Å². The molecule has 0 saturated carbocycles. The van der Waals surface area contributed by atoms with Gasteiger partial charge in [-0.2, -0.15) is 0 Å². The van der Waals surface area contributed by atoms with Gasteiger partial charge in [0.05, 0.1) is 31.8 Å². The Morgan fingerprint density at radius 2 is 1.11 bits per heavy atom. The number of likely N-dealkylation sites (N-methyl/N-ethyl adjacent to an activating group) is 1. The first-order valence-electron chi connectivity index (χ1n) is 30.1. The molecule has 1 aromatic rings. The zero-order valence-corrected chi connectivity index (χ0v) is 52.3. The lowest BCUT2D eigenvalue weighted by molar-refractivity contribution is -0.157. The van der Waals surface area contributed by atoms with Gasteiger partial charge in [-0.1, -0.05) is 111 Å². The Balaban J connectivity index is 1.85. The minimum atomic E-state index is -1.82. The highest BCUT2D eigenvalue weighted by molar-refractivity contribution is 5.99. The van der Waals surface area contributed by atoms with E-state index in [4.69, 9.17) is 16.2 Å². The minimum absolute atomic E-state index is 0.0104. The van der Waals surface area contributed by atoms with Gasteiger partial charge in [0.1, 0.15) is 66.5 Å². The lowest BCUT2D eigenvalue weighted by Gasteiger charge is -2.31. The molecule has 1 fully saturated rings. The molecule has 0 radical (unpaired) electrons. The summed E-state index contributed by atoms with van der Waals surface area (Å²) in [6, 6.07) is -6.85. The predicted molar refractivity (Wildman–Crippen MR) is 322 cm³/mol. The lowest BCUT2D eigenvalue weighted by Crippen LogP contribution is -2.63.